The van der Waals surface area contributed by atoms with Crippen molar-refractivity contribution in [2.24, 2.45) is 5.14 Å². The van der Waals surface area contributed by atoms with Crippen LogP contribution in [0.15, 0.2) is 41.3 Å². The van der Waals surface area contributed by atoms with E-state index in [-0.39, 0.29) is 16.3 Å². The number of hydrogen-bond acceptors (Lipinski definition) is 7. The number of amides is 1. The van der Waals surface area contributed by atoms with E-state index >= 15 is 0 Å². The lowest BCUT2D eigenvalue weighted by molar-refractivity contribution is -0.385. The number of halogens is 1. The van der Waals surface area contributed by atoms with E-state index in [4.69, 9.17) is 14.6 Å². The topological polar surface area (TPSA) is 151 Å². The Morgan fingerprint density at radius 2 is 1.96 bits per heavy atom. The van der Waals surface area contributed by atoms with Crippen molar-refractivity contribution in [3.63, 3.8) is 0 Å². The van der Waals surface area contributed by atoms with Crippen molar-refractivity contribution < 1.29 is 32.0 Å². The third kappa shape index (κ3) is 5.12. The molecule has 0 saturated heterocycles. The first-order valence-corrected chi connectivity index (χ1v) is 8.74. The van der Waals surface area contributed by atoms with Gasteiger partial charge in [0.15, 0.2) is 6.61 Å². The lowest BCUT2D eigenvalue weighted by atomic mass is 10.3. The van der Waals surface area contributed by atoms with Gasteiger partial charge in [-0.1, -0.05) is 0 Å². The molecule has 0 atom stereocenters. The molecule has 10 nitrogen and oxygen atoms in total. The summed E-state index contributed by atoms with van der Waals surface area (Å²) in [5.74, 6) is -1.97. The first kappa shape index (κ1) is 20.1. The summed E-state index contributed by atoms with van der Waals surface area (Å²) in [5.41, 5.74) is -0.438. The Kier molecular flexibility index (Phi) is 5.92. The first-order chi connectivity index (χ1) is 12.6. The highest BCUT2D eigenvalue weighted by molar-refractivity contribution is 7.89. The number of anilines is 1. The van der Waals surface area contributed by atoms with Crippen LogP contribution in [0, 0.1) is 15.9 Å². The highest BCUT2D eigenvalue weighted by Crippen LogP contribution is 2.28. The summed E-state index contributed by atoms with van der Waals surface area (Å²) in [6.07, 6.45) is 0. The number of benzene rings is 2. The van der Waals surface area contributed by atoms with Gasteiger partial charge in [0.25, 0.3) is 5.91 Å². The maximum absolute atomic E-state index is 13.2. The molecule has 0 saturated carbocycles. The summed E-state index contributed by atoms with van der Waals surface area (Å²) in [7, 11) is -2.85. The molecule has 0 fully saturated rings. The fourth-order valence-corrected chi connectivity index (χ4v) is 2.79. The average molecular weight is 399 g/mol. The number of carbonyl (C=O) groups is 1. The SMILES string of the molecule is COc1ccc(NC(=O)COc2cc(F)ccc2[N+](=O)[O-])cc1S(N)(=O)=O. The van der Waals surface area contributed by atoms with E-state index in [0.717, 1.165) is 24.3 Å². The van der Waals surface area contributed by atoms with Gasteiger partial charge in [-0.25, -0.2) is 17.9 Å². The van der Waals surface area contributed by atoms with E-state index in [1.54, 1.807) is 0 Å². The Labute approximate surface area is 152 Å². The van der Waals surface area contributed by atoms with Crippen molar-refractivity contribution in [2.75, 3.05) is 19.0 Å². The van der Waals surface area contributed by atoms with Gasteiger partial charge in [0.05, 0.1) is 12.0 Å². The number of sulfonamides is 1. The molecule has 0 unspecified atom stereocenters. The van der Waals surface area contributed by atoms with Crippen LogP contribution in [0.3, 0.4) is 0 Å². The smallest absolute Gasteiger partial charge is 0.311 e. The molecule has 1 amide bonds. The normalized spacial score (nSPS) is 10.9. The maximum Gasteiger partial charge on any atom is 0.311 e. The van der Waals surface area contributed by atoms with Gasteiger partial charge in [0, 0.05) is 17.8 Å². The van der Waals surface area contributed by atoms with Crippen molar-refractivity contribution in [1.29, 1.82) is 0 Å². The molecule has 3 N–H and O–H groups in total. The third-order valence-corrected chi connectivity index (χ3v) is 4.16. The van der Waals surface area contributed by atoms with E-state index in [0.29, 0.717) is 0 Å². The minimum atomic E-state index is -4.10. The molecule has 0 bridgehead atoms. The second kappa shape index (κ2) is 7.97. The van der Waals surface area contributed by atoms with Gasteiger partial charge in [-0.15, -0.1) is 0 Å². The van der Waals surface area contributed by atoms with E-state index in [1.165, 1.54) is 19.2 Å². The number of nitrogens with two attached hydrogens (primary N) is 1. The molecule has 0 spiro atoms. The van der Waals surface area contributed by atoms with Crippen LogP contribution >= 0.6 is 0 Å². The Morgan fingerprint density at radius 1 is 1.26 bits per heavy atom. The van der Waals surface area contributed by atoms with Crippen LogP contribution in [0.25, 0.3) is 0 Å². The van der Waals surface area contributed by atoms with Crippen LogP contribution in [0.5, 0.6) is 11.5 Å². The zero-order valence-electron chi connectivity index (χ0n) is 13.8. The lowest BCUT2D eigenvalue weighted by Crippen LogP contribution is -2.21. The summed E-state index contributed by atoms with van der Waals surface area (Å²) < 4.78 is 46.2. The van der Waals surface area contributed by atoms with Gasteiger partial charge < -0.3 is 14.8 Å². The molecule has 2 rings (SSSR count). The molecule has 0 radical (unpaired) electrons. The van der Waals surface area contributed by atoms with Gasteiger partial charge in [-0.05, 0) is 24.3 Å². The summed E-state index contributed by atoms with van der Waals surface area (Å²) in [6.45, 7) is -0.680. The predicted octanol–water partition coefficient (Wildman–Crippen LogP) is 1.41. The van der Waals surface area contributed by atoms with E-state index in [2.05, 4.69) is 5.32 Å². The number of rotatable bonds is 7. The largest absolute Gasteiger partial charge is 0.495 e. The molecule has 2 aromatic rings. The molecule has 0 aromatic heterocycles. The predicted molar refractivity (Wildman–Crippen MR) is 91.5 cm³/mol. The van der Waals surface area contributed by atoms with E-state index in [9.17, 15) is 27.7 Å². The Bertz CT molecular complexity index is 995. The van der Waals surface area contributed by atoms with Crippen molar-refractivity contribution in [2.45, 2.75) is 4.90 Å². The number of methoxy groups -OCH3 is 1. The lowest BCUT2D eigenvalue weighted by Gasteiger charge is -2.11. The Morgan fingerprint density at radius 3 is 2.56 bits per heavy atom. The first-order valence-electron chi connectivity index (χ1n) is 7.19. The van der Waals surface area contributed by atoms with Crippen molar-refractivity contribution >= 4 is 27.3 Å². The second-order valence-corrected chi connectivity index (χ2v) is 6.65. The molecule has 27 heavy (non-hydrogen) atoms. The van der Waals surface area contributed by atoms with Crippen LogP contribution in [0.4, 0.5) is 15.8 Å². The second-order valence-electron chi connectivity index (χ2n) is 5.12. The number of nitro groups is 1. The standard InChI is InChI=1S/C15H14FN3O7S/c1-25-12-5-3-10(7-14(12)27(17,23)24)18-15(20)8-26-13-6-9(16)2-4-11(13)19(21)22/h2-7H,8H2,1H3,(H,18,20)(H2,17,23,24). The molecule has 12 heteroatoms. The fourth-order valence-electron chi connectivity index (χ4n) is 2.07. The van der Waals surface area contributed by atoms with Crippen LogP contribution in [-0.2, 0) is 14.8 Å². The number of nitrogens with zero attached hydrogens (tertiary/aromatic N) is 1. The number of hydrogen-bond donors (Lipinski definition) is 2. The number of ether oxygens (including phenoxy) is 2. The third-order valence-electron chi connectivity index (χ3n) is 3.23. The zero-order valence-corrected chi connectivity index (χ0v) is 14.7. The van der Waals surface area contributed by atoms with Crippen LogP contribution in [0.1, 0.15) is 0 Å². The average Bonchev–Trinajstić information content (AvgIpc) is 2.59. The van der Waals surface area contributed by atoms with Gasteiger partial charge >= 0.3 is 5.69 Å². The summed E-state index contributed by atoms with van der Waals surface area (Å²) in [5, 5.41) is 18.3. The number of primary sulfonamides is 1. The van der Waals surface area contributed by atoms with Crippen LogP contribution in [-0.4, -0.2) is 33.0 Å². The highest BCUT2D eigenvalue weighted by Gasteiger charge is 2.19. The van der Waals surface area contributed by atoms with Gasteiger partial charge in [-0.3, -0.25) is 14.9 Å². The van der Waals surface area contributed by atoms with Gasteiger partial charge in [0.2, 0.25) is 15.8 Å². The summed E-state index contributed by atoms with van der Waals surface area (Å²) >= 11 is 0. The Balaban J connectivity index is 2.13. The van der Waals surface area contributed by atoms with Gasteiger partial charge in [-0.2, -0.15) is 0 Å². The van der Waals surface area contributed by atoms with Crippen molar-refractivity contribution in [1.82, 2.24) is 0 Å². The molecule has 0 aliphatic heterocycles. The molecule has 144 valence electrons. The maximum atomic E-state index is 13.2. The van der Waals surface area contributed by atoms with Crippen LogP contribution in [0.2, 0.25) is 0 Å². The number of nitro benzene ring substituents is 1. The molecule has 0 aliphatic rings. The molecule has 0 aliphatic carbocycles. The van der Waals surface area contributed by atoms with Crippen molar-refractivity contribution in [3.8, 4) is 11.5 Å². The van der Waals surface area contributed by atoms with Gasteiger partial charge in [0.1, 0.15) is 16.5 Å². The van der Waals surface area contributed by atoms with E-state index < -0.39 is 44.7 Å². The van der Waals surface area contributed by atoms with Crippen molar-refractivity contribution in [3.05, 3.63) is 52.3 Å². The number of nitrogens with one attached hydrogen (secondary N) is 1. The monoisotopic (exact) mass is 399 g/mol. The Hall–Kier alpha value is -3.25. The van der Waals surface area contributed by atoms with E-state index in [1.807, 2.05) is 0 Å². The molecular formula is C15H14FN3O7S. The molecular weight excluding hydrogens is 385 g/mol. The highest BCUT2D eigenvalue weighted by atomic mass is 32.2. The van der Waals surface area contributed by atoms with Crippen LogP contribution < -0.4 is 19.9 Å². The zero-order chi connectivity index (χ0) is 20.2. The fraction of sp³-hybridized carbons (Fsp3) is 0.133. The number of carbonyl (C=O) groups excluding carboxylic acids is 1. The molecule has 2 aromatic carbocycles. The molecule has 0 heterocycles. The minimum absolute atomic E-state index is 0.0119. The summed E-state index contributed by atoms with van der Waals surface area (Å²) in [4.78, 5) is 21.7. The summed E-state index contributed by atoms with van der Waals surface area (Å²) in [6, 6.07) is 6.29. The quantitative estimate of drug-likeness (QED) is 0.527. The minimum Gasteiger partial charge on any atom is -0.495 e.